The van der Waals surface area contributed by atoms with Crippen molar-refractivity contribution >= 4 is 22.9 Å². The zero-order valence-corrected chi connectivity index (χ0v) is 14.0. The number of primary amides is 1. The molecule has 0 unspecified atom stereocenters. The highest BCUT2D eigenvalue weighted by atomic mass is 19.3. The Hall–Kier alpha value is -3.49. The molecular weight excluding hydrogens is 360 g/mol. The predicted octanol–water partition coefficient (Wildman–Crippen LogP) is 2.65. The second kappa shape index (κ2) is 7.81. The summed E-state index contributed by atoms with van der Waals surface area (Å²) in [4.78, 5) is 26.9. The number of nitrogens with zero attached hydrogens (tertiary/aromatic N) is 2. The smallest absolute Gasteiger partial charge is 0.338 e. The molecule has 0 radical (unpaired) electrons. The number of rotatable bonds is 7. The lowest BCUT2D eigenvalue weighted by atomic mass is 10.2. The number of aromatic nitrogens is 2. The number of hydrogen-bond acceptors (Lipinski definition) is 5. The van der Waals surface area contributed by atoms with Gasteiger partial charge < -0.3 is 15.2 Å². The number of nitrogens with two attached hydrogens (primary N) is 1. The van der Waals surface area contributed by atoms with E-state index >= 15 is 0 Å². The van der Waals surface area contributed by atoms with Crippen LogP contribution in [-0.2, 0) is 16.1 Å². The van der Waals surface area contributed by atoms with Gasteiger partial charge in [-0.3, -0.25) is 9.36 Å². The zero-order valence-electron chi connectivity index (χ0n) is 14.0. The summed E-state index contributed by atoms with van der Waals surface area (Å²) in [6.45, 7) is -3.50. The summed E-state index contributed by atoms with van der Waals surface area (Å²) in [7, 11) is 0. The van der Waals surface area contributed by atoms with Gasteiger partial charge in [-0.25, -0.2) is 9.78 Å². The first kappa shape index (κ1) is 18.3. The monoisotopic (exact) mass is 375 g/mol. The molecule has 2 aromatic carbocycles. The van der Waals surface area contributed by atoms with E-state index < -0.39 is 25.0 Å². The third-order valence-electron chi connectivity index (χ3n) is 3.67. The first-order chi connectivity index (χ1) is 13.0. The Morgan fingerprint density at radius 2 is 1.81 bits per heavy atom. The van der Waals surface area contributed by atoms with Crippen molar-refractivity contribution in [1.29, 1.82) is 0 Å². The molecule has 3 aromatic rings. The van der Waals surface area contributed by atoms with Crippen LogP contribution in [0.1, 0.15) is 22.7 Å². The number of imidazole rings is 1. The normalized spacial score (nSPS) is 10.9. The van der Waals surface area contributed by atoms with Crippen molar-refractivity contribution in [2.75, 3.05) is 6.61 Å². The fourth-order valence-electron chi connectivity index (χ4n) is 2.47. The lowest BCUT2D eigenvalue weighted by Gasteiger charge is -2.09. The Morgan fingerprint density at radius 3 is 2.48 bits per heavy atom. The molecule has 0 aliphatic carbocycles. The molecule has 0 fully saturated rings. The van der Waals surface area contributed by atoms with Crippen LogP contribution in [0, 0.1) is 0 Å². The molecule has 7 nitrogen and oxygen atoms in total. The van der Waals surface area contributed by atoms with Crippen molar-refractivity contribution < 1.29 is 27.8 Å². The average molecular weight is 375 g/mol. The first-order valence-electron chi connectivity index (χ1n) is 7.88. The van der Waals surface area contributed by atoms with Crippen molar-refractivity contribution in [2.45, 2.75) is 13.2 Å². The van der Waals surface area contributed by atoms with E-state index in [1.807, 2.05) is 0 Å². The number of alkyl halides is 2. The summed E-state index contributed by atoms with van der Waals surface area (Å²) >= 11 is 0. The number of hydrogen-bond donors (Lipinski definition) is 1. The van der Waals surface area contributed by atoms with Crippen LogP contribution in [0.5, 0.6) is 5.75 Å². The minimum atomic E-state index is -2.81. The van der Waals surface area contributed by atoms with E-state index in [1.165, 1.54) is 30.3 Å². The molecule has 0 aliphatic rings. The molecule has 27 heavy (non-hydrogen) atoms. The van der Waals surface area contributed by atoms with Crippen LogP contribution in [0.4, 0.5) is 8.78 Å². The van der Waals surface area contributed by atoms with Gasteiger partial charge in [-0.1, -0.05) is 12.1 Å². The molecule has 0 aliphatic heterocycles. The third kappa shape index (κ3) is 4.20. The molecule has 1 aromatic heterocycles. The summed E-state index contributed by atoms with van der Waals surface area (Å²) in [5.41, 5.74) is 5.82. The van der Waals surface area contributed by atoms with E-state index in [1.54, 1.807) is 18.2 Å². The number of carbonyl (C=O) groups excluding carboxylic acids is 2. The van der Waals surface area contributed by atoms with Gasteiger partial charge in [-0.05, 0) is 36.4 Å². The maximum absolute atomic E-state index is 13.3. The van der Waals surface area contributed by atoms with Crippen LogP contribution in [0.2, 0.25) is 0 Å². The summed E-state index contributed by atoms with van der Waals surface area (Å²) in [5, 5.41) is 0. The number of benzene rings is 2. The fourth-order valence-corrected chi connectivity index (χ4v) is 2.47. The van der Waals surface area contributed by atoms with E-state index in [9.17, 15) is 18.4 Å². The predicted molar refractivity (Wildman–Crippen MR) is 91.2 cm³/mol. The molecule has 9 heteroatoms. The molecule has 140 valence electrons. The Labute approximate surface area is 152 Å². The van der Waals surface area contributed by atoms with Gasteiger partial charge in [-0.15, -0.1) is 0 Å². The Bertz CT molecular complexity index is 970. The quantitative estimate of drug-likeness (QED) is 0.641. The van der Waals surface area contributed by atoms with Gasteiger partial charge in [0.2, 0.25) is 0 Å². The van der Waals surface area contributed by atoms with Crippen LogP contribution in [0.15, 0.2) is 48.5 Å². The topological polar surface area (TPSA) is 96.4 Å². The lowest BCUT2D eigenvalue weighted by Crippen LogP contribution is -2.20. The number of para-hydroxylation sites is 2. The maximum atomic E-state index is 13.3. The molecular formula is C18H15F2N3O4. The van der Waals surface area contributed by atoms with Gasteiger partial charge in [0.15, 0.2) is 12.4 Å². The first-order valence-corrected chi connectivity index (χ1v) is 7.88. The Kier molecular flexibility index (Phi) is 5.30. The van der Waals surface area contributed by atoms with Crippen LogP contribution in [0.3, 0.4) is 0 Å². The van der Waals surface area contributed by atoms with Gasteiger partial charge >= 0.3 is 12.5 Å². The van der Waals surface area contributed by atoms with Crippen LogP contribution < -0.4 is 10.5 Å². The van der Waals surface area contributed by atoms with E-state index in [-0.39, 0.29) is 23.5 Å². The largest absolute Gasteiger partial charge is 0.484 e. The minimum Gasteiger partial charge on any atom is -0.484 e. The molecule has 3 rings (SSSR count). The molecule has 1 amide bonds. The second-order valence-corrected chi connectivity index (χ2v) is 5.52. The van der Waals surface area contributed by atoms with Crippen molar-refractivity contribution in [1.82, 2.24) is 9.55 Å². The highest BCUT2D eigenvalue weighted by Crippen LogP contribution is 2.23. The summed E-state index contributed by atoms with van der Waals surface area (Å²) < 4.78 is 37.6. The summed E-state index contributed by atoms with van der Waals surface area (Å²) in [6, 6.07) is 12.2. The van der Waals surface area contributed by atoms with Crippen LogP contribution in [0.25, 0.3) is 11.0 Å². The molecule has 1 heterocycles. The summed E-state index contributed by atoms with van der Waals surface area (Å²) in [6.07, 6.45) is 0. The lowest BCUT2D eigenvalue weighted by molar-refractivity contribution is -0.119. The van der Waals surface area contributed by atoms with E-state index in [4.69, 9.17) is 15.2 Å². The van der Waals surface area contributed by atoms with Gasteiger partial charge in [0.25, 0.3) is 5.91 Å². The van der Waals surface area contributed by atoms with E-state index in [0.29, 0.717) is 11.3 Å². The molecule has 0 saturated carbocycles. The van der Waals surface area contributed by atoms with Crippen molar-refractivity contribution in [3.8, 4) is 5.75 Å². The molecule has 0 spiro atoms. The average Bonchev–Trinajstić information content (AvgIpc) is 3.03. The van der Waals surface area contributed by atoms with Gasteiger partial charge in [-0.2, -0.15) is 8.78 Å². The second-order valence-electron chi connectivity index (χ2n) is 5.52. The van der Waals surface area contributed by atoms with E-state index in [2.05, 4.69) is 4.98 Å². The molecule has 0 saturated heterocycles. The Morgan fingerprint density at radius 1 is 1.11 bits per heavy atom. The van der Waals surface area contributed by atoms with Gasteiger partial charge in [0.05, 0.1) is 16.6 Å². The number of ether oxygens (including phenoxy) is 2. The SMILES string of the molecule is NC(=O)COc1ccc(C(=O)OCc2nc3ccccc3n2C(F)F)cc1. The number of halogens is 2. The van der Waals surface area contributed by atoms with Crippen molar-refractivity contribution in [3.05, 3.63) is 59.9 Å². The van der Waals surface area contributed by atoms with Crippen LogP contribution >= 0.6 is 0 Å². The molecule has 0 atom stereocenters. The highest BCUT2D eigenvalue weighted by Gasteiger charge is 2.19. The molecule has 2 N–H and O–H groups in total. The van der Waals surface area contributed by atoms with Crippen LogP contribution in [-0.4, -0.2) is 28.0 Å². The minimum absolute atomic E-state index is 0.0547. The number of fused-ring (bicyclic) bond motifs is 1. The maximum Gasteiger partial charge on any atom is 0.338 e. The highest BCUT2D eigenvalue weighted by molar-refractivity contribution is 5.89. The Balaban J connectivity index is 1.70. The number of amides is 1. The standard InChI is InChI=1S/C18H15F2N3O4/c19-18(20)23-14-4-2-1-3-13(14)22-16(23)10-27-17(25)11-5-7-12(8-6-11)26-9-15(21)24/h1-8,18H,9-10H2,(H2,21,24). The van der Waals surface area contributed by atoms with Gasteiger partial charge in [0, 0.05) is 0 Å². The third-order valence-corrected chi connectivity index (χ3v) is 3.67. The number of carbonyl (C=O) groups is 2. The van der Waals surface area contributed by atoms with Gasteiger partial charge in [0.1, 0.15) is 12.4 Å². The number of esters is 1. The van der Waals surface area contributed by atoms with Crippen molar-refractivity contribution in [2.24, 2.45) is 5.73 Å². The van der Waals surface area contributed by atoms with E-state index in [0.717, 1.165) is 4.57 Å². The molecule has 0 bridgehead atoms. The zero-order chi connectivity index (χ0) is 19.4. The summed E-state index contributed by atoms with van der Waals surface area (Å²) in [5.74, 6) is -1.03. The van der Waals surface area contributed by atoms with Crippen molar-refractivity contribution in [3.63, 3.8) is 0 Å². The fraction of sp³-hybridized carbons (Fsp3) is 0.167.